The topological polar surface area (TPSA) is 43.0 Å². The van der Waals surface area contributed by atoms with Crippen molar-refractivity contribution < 1.29 is 4.52 Å². The summed E-state index contributed by atoms with van der Waals surface area (Å²) >= 11 is 0. The number of hydrogen-bond acceptors (Lipinski definition) is 3. The van der Waals surface area contributed by atoms with E-state index >= 15 is 0 Å². The van der Waals surface area contributed by atoms with Crippen molar-refractivity contribution in [1.82, 2.24) is 15.0 Å². The minimum absolute atomic E-state index is 0.673. The molecule has 0 unspecified atom stereocenters. The van der Waals surface area contributed by atoms with Crippen LogP contribution in [0.15, 0.2) is 28.9 Å². The lowest BCUT2D eigenvalue weighted by Gasteiger charge is -2.10. The van der Waals surface area contributed by atoms with Crippen LogP contribution in [0.2, 0.25) is 0 Å². The van der Waals surface area contributed by atoms with Crippen molar-refractivity contribution in [1.29, 1.82) is 0 Å². The molecule has 0 bridgehead atoms. The Hall–Kier alpha value is -1.55. The van der Waals surface area contributed by atoms with E-state index in [-0.39, 0.29) is 0 Å². The Morgan fingerprint density at radius 2 is 2.28 bits per heavy atom. The first kappa shape index (κ1) is 12.9. The molecule has 2 aromatic heterocycles. The van der Waals surface area contributed by atoms with Gasteiger partial charge < -0.3 is 14.4 Å². The van der Waals surface area contributed by atoms with Crippen LogP contribution in [-0.4, -0.2) is 16.3 Å². The molecule has 0 spiro atoms. The number of nitrogens with one attached hydrogen (secondary N) is 1. The zero-order valence-electron chi connectivity index (χ0n) is 11.3. The van der Waals surface area contributed by atoms with Gasteiger partial charge in [0.25, 0.3) is 0 Å². The van der Waals surface area contributed by atoms with Crippen molar-refractivity contribution in [2.75, 3.05) is 6.54 Å². The maximum atomic E-state index is 5.09. The summed E-state index contributed by atoms with van der Waals surface area (Å²) in [5.74, 6) is 1.53. The molecule has 0 saturated carbocycles. The number of hydrogen-bond donors (Lipinski definition) is 1. The predicted molar refractivity (Wildman–Crippen MR) is 71.3 cm³/mol. The molecular formula is C14H21N3O. The van der Waals surface area contributed by atoms with Gasteiger partial charge in [-0.2, -0.15) is 0 Å². The quantitative estimate of drug-likeness (QED) is 0.853. The largest absolute Gasteiger partial charge is 0.361 e. The summed E-state index contributed by atoms with van der Waals surface area (Å²) < 4.78 is 7.29. The van der Waals surface area contributed by atoms with E-state index in [1.165, 1.54) is 5.69 Å². The summed E-state index contributed by atoms with van der Waals surface area (Å²) in [7, 11) is 0. The standard InChI is InChI=1S/C14H21N3O/c1-11(2)8-15-9-14-5-4-6-17(14)10-13-7-12(3)18-16-13/h4-7,11,15H,8-10H2,1-3H3. The molecule has 18 heavy (non-hydrogen) atoms. The average Bonchev–Trinajstić information content (AvgIpc) is 2.89. The maximum Gasteiger partial charge on any atom is 0.133 e. The Labute approximate surface area is 108 Å². The van der Waals surface area contributed by atoms with Gasteiger partial charge in [-0.1, -0.05) is 19.0 Å². The van der Waals surface area contributed by atoms with Gasteiger partial charge in [0.1, 0.15) is 11.5 Å². The van der Waals surface area contributed by atoms with E-state index in [0.29, 0.717) is 5.92 Å². The van der Waals surface area contributed by atoms with E-state index in [1.807, 2.05) is 13.0 Å². The second kappa shape index (κ2) is 5.87. The Morgan fingerprint density at radius 3 is 2.94 bits per heavy atom. The van der Waals surface area contributed by atoms with Gasteiger partial charge in [0.2, 0.25) is 0 Å². The van der Waals surface area contributed by atoms with Gasteiger partial charge in [0.05, 0.1) is 6.54 Å². The van der Waals surface area contributed by atoms with Crippen LogP contribution in [-0.2, 0) is 13.1 Å². The molecule has 98 valence electrons. The van der Waals surface area contributed by atoms with Crippen LogP contribution in [0.5, 0.6) is 0 Å². The number of rotatable bonds is 6. The average molecular weight is 247 g/mol. The smallest absolute Gasteiger partial charge is 0.133 e. The summed E-state index contributed by atoms with van der Waals surface area (Å²) in [6.45, 7) is 9.03. The van der Waals surface area contributed by atoms with Gasteiger partial charge in [0, 0.05) is 24.5 Å². The van der Waals surface area contributed by atoms with Crippen LogP contribution in [0.1, 0.15) is 31.0 Å². The van der Waals surface area contributed by atoms with Crippen molar-refractivity contribution in [3.63, 3.8) is 0 Å². The molecule has 1 N–H and O–H groups in total. The Bertz CT molecular complexity index is 485. The fourth-order valence-electron chi connectivity index (χ4n) is 1.92. The van der Waals surface area contributed by atoms with Gasteiger partial charge in [0.15, 0.2) is 0 Å². The predicted octanol–water partition coefficient (Wildman–Crippen LogP) is 2.58. The Kier molecular flexibility index (Phi) is 4.20. The summed E-state index contributed by atoms with van der Waals surface area (Å²) in [5.41, 5.74) is 2.24. The summed E-state index contributed by atoms with van der Waals surface area (Å²) in [4.78, 5) is 0. The van der Waals surface area contributed by atoms with E-state index in [0.717, 1.165) is 31.1 Å². The summed E-state index contributed by atoms with van der Waals surface area (Å²) in [5, 5.41) is 7.48. The van der Waals surface area contributed by atoms with E-state index in [9.17, 15) is 0 Å². The normalized spacial score (nSPS) is 11.3. The molecule has 0 aromatic carbocycles. The molecule has 0 amide bonds. The van der Waals surface area contributed by atoms with Gasteiger partial charge in [-0.3, -0.25) is 0 Å². The molecule has 0 fully saturated rings. The van der Waals surface area contributed by atoms with E-state index < -0.39 is 0 Å². The molecule has 0 radical (unpaired) electrons. The van der Waals surface area contributed by atoms with Gasteiger partial charge in [-0.15, -0.1) is 0 Å². The fraction of sp³-hybridized carbons (Fsp3) is 0.500. The van der Waals surface area contributed by atoms with E-state index in [4.69, 9.17) is 4.52 Å². The van der Waals surface area contributed by atoms with E-state index in [2.05, 4.69) is 47.2 Å². The summed E-state index contributed by atoms with van der Waals surface area (Å²) in [6, 6.07) is 6.19. The zero-order valence-corrected chi connectivity index (χ0v) is 11.3. The van der Waals surface area contributed by atoms with Crippen LogP contribution in [0.25, 0.3) is 0 Å². The number of aromatic nitrogens is 2. The fourth-order valence-corrected chi connectivity index (χ4v) is 1.92. The molecule has 0 aliphatic rings. The van der Waals surface area contributed by atoms with Crippen molar-refractivity contribution in [2.24, 2.45) is 5.92 Å². The van der Waals surface area contributed by atoms with Crippen molar-refractivity contribution in [3.8, 4) is 0 Å². The van der Waals surface area contributed by atoms with Crippen molar-refractivity contribution in [2.45, 2.75) is 33.9 Å². The van der Waals surface area contributed by atoms with Crippen LogP contribution in [0, 0.1) is 12.8 Å². The van der Waals surface area contributed by atoms with E-state index in [1.54, 1.807) is 0 Å². The van der Waals surface area contributed by atoms with Crippen LogP contribution >= 0.6 is 0 Å². The molecule has 4 heteroatoms. The lowest BCUT2D eigenvalue weighted by Crippen LogP contribution is -2.20. The zero-order chi connectivity index (χ0) is 13.0. The van der Waals surface area contributed by atoms with Crippen molar-refractivity contribution >= 4 is 0 Å². The molecule has 0 saturated heterocycles. The lowest BCUT2D eigenvalue weighted by atomic mass is 10.2. The lowest BCUT2D eigenvalue weighted by molar-refractivity contribution is 0.388. The molecular weight excluding hydrogens is 226 g/mol. The monoisotopic (exact) mass is 247 g/mol. The summed E-state index contributed by atoms with van der Waals surface area (Å²) in [6.07, 6.45) is 2.08. The SMILES string of the molecule is Cc1cc(Cn2cccc2CNCC(C)C)no1. The van der Waals surface area contributed by atoms with Crippen LogP contribution in [0.4, 0.5) is 0 Å². The molecule has 0 aliphatic carbocycles. The van der Waals surface area contributed by atoms with Gasteiger partial charge in [-0.05, 0) is 31.5 Å². The van der Waals surface area contributed by atoms with Crippen molar-refractivity contribution in [3.05, 3.63) is 41.5 Å². The van der Waals surface area contributed by atoms with Crippen LogP contribution in [0.3, 0.4) is 0 Å². The highest BCUT2D eigenvalue weighted by molar-refractivity contribution is 5.11. The minimum atomic E-state index is 0.673. The third-order valence-corrected chi connectivity index (χ3v) is 2.79. The number of nitrogens with zero attached hydrogens (tertiary/aromatic N) is 2. The molecule has 4 nitrogen and oxygen atoms in total. The van der Waals surface area contributed by atoms with Crippen LogP contribution < -0.4 is 5.32 Å². The highest BCUT2D eigenvalue weighted by atomic mass is 16.5. The third kappa shape index (κ3) is 3.47. The Balaban J connectivity index is 1.95. The minimum Gasteiger partial charge on any atom is -0.361 e. The maximum absolute atomic E-state index is 5.09. The van der Waals surface area contributed by atoms with Gasteiger partial charge in [-0.25, -0.2) is 0 Å². The molecule has 2 aromatic rings. The number of aryl methyl sites for hydroxylation is 1. The molecule has 0 aliphatic heterocycles. The molecule has 0 atom stereocenters. The highest BCUT2D eigenvalue weighted by Crippen LogP contribution is 2.08. The van der Waals surface area contributed by atoms with Gasteiger partial charge >= 0.3 is 0 Å². The molecule has 2 heterocycles. The first-order chi connectivity index (χ1) is 8.65. The molecule has 2 rings (SSSR count). The Morgan fingerprint density at radius 1 is 1.44 bits per heavy atom. The first-order valence-electron chi connectivity index (χ1n) is 6.42. The first-order valence-corrected chi connectivity index (χ1v) is 6.42. The second-order valence-electron chi connectivity index (χ2n) is 5.08. The third-order valence-electron chi connectivity index (χ3n) is 2.79. The highest BCUT2D eigenvalue weighted by Gasteiger charge is 2.05. The second-order valence-corrected chi connectivity index (χ2v) is 5.08.